The number of nitrogens with zero attached hydrogens (tertiary/aromatic N) is 4. The number of aromatic nitrogens is 4. The lowest BCUT2D eigenvalue weighted by Crippen LogP contribution is -2.26. The van der Waals surface area contributed by atoms with Crippen molar-refractivity contribution in [2.45, 2.75) is 77.7 Å². The highest BCUT2D eigenvalue weighted by molar-refractivity contribution is 5.79. The Morgan fingerprint density at radius 3 is 1.94 bits per heavy atom. The summed E-state index contributed by atoms with van der Waals surface area (Å²) in [4.78, 5) is 8.41. The second-order valence-corrected chi connectivity index (χ2v) is 7.92. The number of anilines is 1. The minimum Gasteiger partial charge on any atom is -0.380 e. The van der Waals surface area contributed by atoms with Gasteiger partial charge in [-0.25, -0.2) is 4.57 Å². The van der Waals surface area contributed by atoms with Crippen molar-refractivity contribution in [3.05, 3.63) is 61.3 Å². The number of nitrogen functional groups attached to an aromatic ring is 1. The van der Waals surface area contributed by atoms with E-state index in [0.29, 0.717) is 5.82 Å². The maximum Gasteiger partial charge on any atom is 0.307 e. The highest BCUT2D eigenvalue weighted by Crippen LogP contribution is 2.13. The first kappa shape index (κ1) is 24.6. The average molecular weight is 423 g/mol. The maximum absolute atomic E-state index is 6.01. The molecule has 0 bridgehead atoms. The fraction of sp³-hybridized carbons (Fsp3) is 0.500. The molecular weight excluding hydrogens is 382 g/mol. The molecule has 0 atom stereocenters. The number of nitrogens with two attached hydrogens (primary N) is 1. The standard InChI is InChI=1S/C26H40N5/c1-3-4-5-6-7-8-9-10-11-12-13-14-15-16-17-18-19-20-21-31-23-30(2)26-24(31)25(27)28-22-29-26/h7-8,11-12,15-16,19-20,22-23H,3-6,9-10,13-14,17-18,21H2,1-2H3,(H2,27,28,29)/q+1/b8-7+,12-11+,16-15+,20-19+. The first-order valence-electron chi connectivity index (χ1n) is 11.8. The molecule has 0 fully saturated rings. The van der Waals surface area contributed by atoms with Crippen LogP contribution in [0.15, 0.2) is 61.3 Å². The molecule has 5 heteroatoms. The molecule has 0 radical (unpaired) electrons. The Labute approximate surface area is 188 Å². The summed E-state index contributed by atoms with van der Waals surface area (Å²) in [5, 5.41) is 0. The minimum atomic E-state index is 0.523. The molecule has 0 amide bonds. The quantitative estimate of drug-likeness (QED) is 0.218. The summed E-state index contributed by atoms with van der Waals surface area (Å²) in [6.07, 6.45) is 33.7. The molecule has 0 aromatic carbocycles. The van der Waals surface area contributed by atoms with E-state index in [1.807, 2.05) is 17.9 Å². The van der Waals surface area contributed by atoms with Gasteiger partial charge in [0.1, 0.15) is 0 Å². The lowest BCUT2D eigenvalue weighted by Gasteiger charge is -1.95. The molecule has 0 unspecified atom stereocenters. The number of hydrogen-bond acceptors (Lipinski definition) is 3. The van der Waals surface area contributed by atoms with Gasteiger partial charge < -0.3 is 5.73 Å². The summed E-state index contributed by atoms with van der Waals surface area (Å²) in [5.74, 6) is 0.523. The largest absolute Gasteiger partial charge is 0.380 e. The van der Waals surface area contributed by atoms with Gasteiger partial charge in [-0.3, -0.25) is 4.57 Å². The van der Waals surface area contributed by atoms with Crippen LogP contribution >= 0.6 is 0 Å². The van der Waals surface area contributed by atoms with Crippen LogP contribution in [0.5, 0.6) is 0 Å². The van der Waals surface area contributed by atoms with Crippen molar-refractivity contribution in [1.29, 1.82) is 0 Å². The Morgan fingerprint density at radius 2 is 1.35 bits per heavy atom. The summed E-state index contributed by atoms with van der Waals surface area (Å²) in [6.45, 7) is 3.03. The topological polar surface area (TPSA) is 60.6 Å². The molecule has 0 aliphatic rings. The Balaban J connectivity index is 1.53. The lowest BCUT2D eigenvalue weighted by atomic mass is 10.1. The Morgan fingerprint density at radius 1 is 0.806 bits per heavy atom. The number of aryl methyl sites for hydroxylation is 1. The van der Waals surface area contributed by atoms with Crippen molar-refractivity contribution in [1.82, 2.24) is 14.5 Å². The second-order valence-electron chi connectivity index (χ2n) is 7.92. The molecular formula is C26H40N5+. The summed E-state index contributed by atoms with van der Waals surface area (Å²) >= 11 is 0. The Bertz CT molecular complexity index is 873. The van der Waals surface area contributed by atoms with Gasteiger partial charge in [-0.2, -0.15) is 4.98 Å². The first-order chi connectivity index (χ1) is 15.2. The van der Waals surface area contributed by atoms with Crippen molar-refractivity contribution in [2.24, 2.45) is 7.05 Å². The fourth-order valence-corrected chi connectivity index (χ4v) is 3.48. The first-order valence-corrected chi connectivity index (χ1v) is 11.8. The molecule has 2 aromatic rings. The summed E-state index contributed by atoms with van der Waals surface area (Å²) in [5.41, 5.74) is 7.77. The van der Waals surface area contributed by atoms with E-state index in [9.17, 15) is 0 Å². The van der Waals surface area contributed by atoms with Crippen molar-refractivity contribution in [3.8, 4) is 0 Å². The fourth-order valence-electron chi connectivity index (χ4n) is 3.48. The van der Waals surface area contributed by atoms with Gasteiger partial charge in [0.05, 0.1) is 13.6 Å². The van der Waals surface area contributed by atoms with E-state index in [2.05, 4.69) is 70.1 Å². The number of fused-ring (bicyclic) bond motifs is 1. The van der Waals surface area contributed by atoms with Crippen LogP contribution in [-0.2, 0) is 13.6 Å². The molecule has 2 aromatic heterocycles. The summed E-state index contributed by atoms with van der Waals surface area (Å²) < 4.78 is 4.06. The number of unbranched alkanes of at least 4 members (excludes halogenated alkanes) is 6. The summed E-state index contributed by atoms with van der Waals surface area (Å²) in [7, 11) is 1.97. The monoisotopic (exact) mass is 422 g/mol. The van der Waals surface area contributed by atoms with Crippen molar-refractivity contribution in [3.63, 3.8) is 0 Å². The average Bonchev–Trinajstić information content (AvgIpc) is 3.09. The van der Waals surface area contributed by atoms with Crippen LogP contribution in [-0.4, -0.2) is 14.5 Å². The zero-order chi connectivity index (χ0) is 22.2. The van der Waals surface area contributed by atoms with E-state index >= 15 is 0 Å². The van der Waals surface area contributed by atoms with E-state index in [0.717, 1.165) is 49.8 Å². The number of rotatable bonds is 15. The molecule has 31 heavy (non-hydrogen) atoms. The molecule has 2 rings (SSSR count). The third-order valence-electron chi connectivity index (χ3n) is 5.21. The Hall–Kier alpha value is -2.69. The van der Waals surface area contributed by atoms with Gasteiger partial charge in [0.2, 0.25) is 5.52 Å². The third kappa shape index (κ3) is 9.33. The molecule has 2 N–H and O–H groups in total. The van der Waals surface area contributed by atoms with E-state index in [4.69, 9.17) is 5.73 Å². The molecule has 0 spiro atoms. The zero-order valence-electron chi connectivity index (χ0n) is 19.4. The smallest absolute Gasteiger partial charge is 0.307 e. The van der Waals surface area contributed by atoms with E-state index in [-0.39, 0.29) is 0 Å². The molecule has 0 aliphatic heterocycles. The minimum absolute atomic E-state index is 0.523. The number of imidazole rings is 1. The third-order valence-corrected chi connectivity index (χ3v) is 5.21. The van der Waals surface area contributed by atoms with Gasteiger partial charge in [-0.1, -0.05) is 73.4 Å². The zero-order valence-corrected chi connectivity index (χ0v) is 19.4. The predicted molar refractivity (Wildman–Crippen MR) is 132 cm³/mol. The van der Waals surface area contributed by atoms with Crippen LogP contribution < -0.4 is 10.3 Å². The second kappa shape index (κ2) is 15.2. The van der Waals surface area contributed by atoms with Gasteiger partial charge in [-0.15, -0.1) is 0 Å². The number of hydrogen-bond donors (Lipinski definition) is 1. The molecule has 0 saturated carbocycles. The van der Waals surface area contributed by atoms with Crippen molar-refractivity contribution in [2.75, 3.05) is 5.73 Å². The van der Waals surface area contributed by atoms with Gasteiger partial charge in [0, 0.05) is 0 Å². The van der Waals surface area contributed by atoms with Gasteiger partial charge in [0.25, 0.3) is 0 Å². The molecule has 168 valence electrons. The van der Waals surface area contributed by atoms with Crippen LogP contribution in [0.25, 0.3) is 11.2 Å². The molecule has 5 nitrogen and oxygen atoms in total. The van der Waals surface area contributed by atoms with Gasteiger partial charge >= 0.3 is 5.65 Å². The van der Waals surface area contributed by atoms with Gasteiger partial charge in [-0.05, 0) is 51.4 Å². The number of allylic oxidation sites excluding steroid dienone is 8. The SMILES string of the molecule is CCCCC/C=C/CC/C=C/CC/C=C/CC/C=C/Cn1c[n+](C)c2ncnc(N)c21. The normalized spacial score (nSPS) is 12.6. The highest BCUT2D eigenvalue weighted by Gasteiger charge is 2.16. The molecule has 2 heterocycles. The maximum atomic E-state index is 6.01. The predicted octanol–water partition coefficient (Wildman–Crippen LogP) is 5.98. The van der Waals surface area contributed by atoms with Crippen LogP contribution in [0.4, 0.5) is 5.82 Å². The van der Waals surface area contributed by atoms with E-state index in [1.54, 1.807) is 0 Å². The van der Waals surface area contributed by atoms with Crippen LogP contribution in [0, 0.1) is 0 Å². The lowest BCUT2D eigenvalue weighted by molar-refractivity contribution is -0.647. The highest BCUT2D eigenvalue weighted by atomic mass is 15.2. The Kier molecular flexibility index (Phi) is 12.0. The molecule has 0 aliphatic carbocycles. The van der Waals surface area contributed by atoms with Crippen LogP contribution in [0.3, 0.4) is 0 Å². The van der Waals surface area contributed by atoms with E-state index in [1.165, 1.54) is 38.4 Å². The van der Waals surface area contributed by atoms with Crippen molar-refractivity contribution < 1.29 is 4.57 Å². The van der Waals surface area contributed by atoms with Crippen LogP contribution in [0.2, 0.25) is 0 Å². The van der Waals surface area contributed by atoms with E-state index < -0.39 is 0 Å². The van der Waals surface area contributed by atoms with Crippen LogP contribution in [0.1, 0.15) is 71.1 Å². The van der Waals surface area contributed by atoms with Crippen molar-refractivity contribution >= 4 is 17.0 Å². The van der Waals surface area contributed by atoms with Gasteiger partial charge in [0.15, 0.2) is 18.5 Å². The molecule has 0 saturated heterocycles. The summed E-state index contributed by atoms with van der Waals surface area (Å²) in [6, 6.07) is 0.